The number of hydrogen-bond donors (Lipinski definition) is 0. The van der Waals surface area contributed by atoms with E-state index in [0.29, 0.717) is 12.5 Å². The lowest BCUT2D eigenvalue weighted by Crippen LogP contribution is -2.64. The highest BCUT2D eigenvalue weighted by Gasteiger charge is 2.65. The fourth-order valence-electron chi connectivity index (χ4n) is 3.54. The van der Waals surface area contributed by atoms with Crippen molar-refractivity contribution in [3.8, 4) is 0 Å². The summed E-state index contributed by atoms with van der Waals surface area (Å²) < 4.78 is 17.6. The Bertz CT molecular complexity index is 388. The number of rotatable bonds is 2. The lowest BCUT2D eigenvalue weighted by Gasteiger charge is -2.51. The summed E-state index contributed by atoms with van der Waals surface area (Å²) in [6.45, 7) is 0.716. The van der Waals surface area contributed by atoms with Gasteiger partial charge in [-0.2, -0.15) is 0 Å². The number of carbonyl (C=O) groups excluding carboxylic acids is 1. The molecule has 0 spiro atoms. The van der Waals surface area contributed by atoms with E-state index < -0.39 is 5.79 Å². The lowest BCUT2D eigenvalue weighted by molar-refractivity contribution is -0.251. The predicted molar refractivity (Wildman–Crippen MR) is 63.6 cm³/mol. The van der Waals surface area contributed by atoms with Crippen LogP contribution >= 0.6 is 15.9 Å². The average Bonchev–Trinajstić information content (AvgIpc) is 2.81. The fraction of sp³-hybridized carbons (Fsp3) is 0.750. The summed E-state index contributed by atoms with van der Waals surface area (Å²) in [5.74, 6) is -1.17. The van der Waals surface area contributed by atoms with Crippen molar-refractivity contribution in [3.05, 3.63) is 10.6 Å². The maximum atomic E-state index is 12.5. The molecule has 4 rings (SSSR count). The molecule has 17 heavy (non-hydrogen) atoms. The third kappa shape index (κ3) is 1.31. The van der Waals surface area contributed by atoms with Gasteiger partial charge in [0.15, 0.2) is 0 Å². The molecule has 4 aliphatic rings. The van der Waals surface area contributed by atoms with Gasteiger partial charge < -0.3 is 14.2 Å². The molecule has 1 saturated heterocycles. The molecule has 0 radical (unpaired) electrons. The zero-order valence-corrected chi connectivity index (χ0v) is 11.4. The van der Waals surface area contributed by atoms with Crippen molar-refractivity contribution in [2.45, 2.75) is 18.3 Å². The van der Waals surface area contributed by atoms with Crippen molar-refractivity contribution in [1.29, 1.82) is 0 Å². The van der Waals surface area contributed by atoms with E-state index in [1.165, 1.54) is 14.2 Å². The van der Waals surface area contributed by atoms with E-state index in [0.717, 1.165) is 10.9 Å². The van der Waals surface area contributed by atoms with Crippen LogP contribution in [0.3, 0.4) is 0 Å². The second kappa shape index (κ2) is 3.88. The van der Waals surface area contributed by atoms with Crippen molar-refractivity contribution in [2.75, 3.05) is 20.8 Å². The summed E-state index contributed by atoms with van der Waals surface area (Å²) >= 11 is 3.56. The Kier molecular flexibility index (Phi) is 2.70. The summed E-state index contributed by atoms with van der Waals surface area (Å²) in [6.07, 6.45) is 2.92. The predicted octanol–water partition coefficient (Wildman–Crippen LogP) is 1.49. The number of ether oxygens (including phenoxy) is 3. The second-order valence-electron chi connectivity index (χ2n) is 4.78. The third-order valence-corrected chi connectivity index (χ3v) is 5.02. The maximum absolute atomic E-state index is 12.5. The molecule has 0 aromatic rings. The Hall–Kier alpha value is -0.230. The zero-order chi connectivity index (χ0) is 12.2. The molecular formula is C12H15BrO4. The smallest absolute Gasteiger partial charge is 0.237 e. The van der Waals surface area contributed by atoms with E-state index >= 15 is 0 Å². The fourth-order valence-corrected chi connectivity index (χ4v) is 4.47. The zero-order valence-electron chi connectivity index (χ0n) is 9.81. The van der Waals surface area contributed by atoms with Crippen LogP contribution in [-0.4, -0.2) is 38.5 Å². The van der Waals surface area contributed by atoms with E-state index in [2.05, 4.69) is 15.9 Å². The first-order valence-corrected chi connectivity index (χ1v) is 6.58. The minimum Gasteiger partial charge on any atom is -0.377 e. The number of hydrogen-bond acceptors (Lipinski definition) is 4. The molecule has 2 bridgehead atoms. The molecule has 94 valence electrons. The highest BCUT2D eigenvalue weighted by molar-refractivity contribution is 9.11. The SMILES string of the molecule is COC1(OC)C(=O)[C@H]2C=C(Br)[C@@H]1[C@@H]1CCO[C@@H]12. The number of fused-ring (bicyclic) bond motifs is 1. The Balaban J connectivity index is 2.12. The molecule has 3 aliphatic carbocycles. The number of halogens is 1. The Labute approximate surface area is 108 Å². The summed E-state index contributed by atoms with van der Waals surface area (Å²) in [5, 5.41) is 0. The summed E-state index contributed by atoms with van der Waals surface area (Å²) in [5.41, 5.74) is 0. The largest absolute Gasteiger partial charge is 0.377 e. The van der Waals surface area contributed by atoms with Crippen LogP contribution in [0.25, 0.3) is 0 Å². The number of Topliss-reactive ketones (excluding diaryl/α,β-unsaturated/α-hetero) is 1. The molecular weight excluding hydrogens is 288 g/mol. The van der Waals surface area contributed by atoms with Crippen LogP contribution in [0.2, 0.25) is 0 Å². The van der Waals surface area contributed by atoms with Crippen LogP contribution in [0.1, 0.15) is 6.42 Å². The van der Waals surface area contributed by atoms with Gasteiger partial charge in [-0.1, -0.05) is 22.0 Å². The van der Waals surface area contributed by atoms with Crippen LogP contribution in [0.4, 0.5) is 0 Å². The van der Waals surface area contributed by atoms with Gasteiger partial charge in [-0.25, -0.2) is 0 Å². The van der Waals surface area contributed by atoms with E-state index in [1.807, 2.05) is 6.08 Å². The molecule has 0 N–H and O–H groups in total. The van der Waals surface area contributed by atoms with Crippen molar-refractivity contribution in [2.24, 2.45) is 17.8 Å². The number of methoxy groups -OCH3 is 2. The second-order valence-corrected chi connectivity index (χ2v) is 5.70. The first-order chi connectivity index (χ1) is 8.15. The van der Waals surface area contributed by atoms with Crippen LogP contribution in [-0.2, 0) is 19.0 Å². The van der Waals surface area contributed by atoms with Gasteiger partial charge in [-0.15, -0.1) is 0 Å². The van der Waals surface area contributed by atoms with Gasteiger partial charge >= 0.3 is 0 Å². The van der Waals surface area contributed by atoms with Crippen LogP contribution in [0, 0.1) is 17.8 Å². The molecule has 1 heterocycles. The third-order valence-electron chi connectivity index (χ3n) is 4.26. The van der Waals surface area contributed by atoms with Crippen LogP contribution in [0.5, 0.6) is 0 Å². The first kappa shape index (κ1) is 11.8. The summed E-state index contributed by atoms with van der Waals surface area (Å²) in [6, 6.07) is 0. The van der Waals surface area contributed by atoms with Crippen molar-refractivity contribution in [3.63, 3.8) is 0 Å². The number of ketones is 1. The molecule has 0 amide bonds. The van der Waals surface area contributed by atoms with E-state index in [1.54, 1.807) is 0 Å². The highest BCUT2D eigenvalue weighted by atomic mass is 79.9. The molecule has 0 aromatic carbocycles. The average molecular weight is 303 g/mol. The molecule has 2 fully saturated rings. The van der Waals surface area contributed by atoms with Gasteiger partial charge in [0, 0.05) is 31.2 Å². The molecule has 4 nitrogen and oxygen atoms in total. The van der Waals surface area contributed by atoms with Crippen molar-refractivity contribution < 1.29 is 19.0 Å². The van der Waals surface area contributed by atoms with Gasteiger partial charge in [0.25, 0.3) is 0 Å². The van der Waals surface area contributed by atoms with E-state index in [4.69, 9.17) is 14.2 Å². The van der Waals surface area contributed by atoms with Gasteiger partial charge in [0.1, 0.15) is 0 Å². The Morgan fingerprint density at radius 1 is 1.47 bits per heavy atom. The van der Waals surface area contributed by atoms with E-state index in [9.17, 15) is 4.79 Å². The van der Waals surface area contributed by atoms with Crippen molar-refractivity contribution in [1.82, 2.24) is 0 Å². The first-order valence-electron chi connectivity index (χ1n) is 5.79. The van der Waals surface area contributed by atoms with Crippen LogP contribution < -0.4 is 0 Å². The van der Waals surface area contributed by atoms with Gasteiger partial charge in [-0.05, 0) is 6.42 Å². The van der Waals surface area contributed by atoms with E-state index in [-0.39, 0.29) is 23.7 Å². The normalized spacial score (nSPS) is 42.5. The topological polar surface area (TPSA) is 44.8 Å². The number of carbonyl (C=O) groups is 1. The molecule has 0 aromatic heterocycles. The maximum Gasteiger partial charge on any atom is 0.237 e. The van der Waals surface area contributed by atoms with Crippen LogP contribution in [0.15, 0.2) is 10.6 Å². The quantitative estimate of drug-likeness (QED) is 0.725. The minimum atomic E-state index is -1.13. The highest BCUT2D eigenvalue weighted by Crippen LogP contribution is 2.55. The molecule has 1 aliphatic heterocycles. The minimum absolute atomic E-state index is 0.00669. The van der Waals surface area contributed by atoms with Gasteiger partial charge in [-0.3, -0.25) is 4.79 Å². The lowest BCUT2D eigenvalue weighted by atomic mass is 9.62. The monoisotopic (exact) mass is 302 g/mol. The van der Waals surface area contributed by atoms with Gasteiger partial charge in [0.2, 0.25) is 11.6 Å². The summed E-state index contributed by atoms with van der Waals surface area (Å²) in [7, 11) is 3.07. The Morgan fingerprint density at radius 2 is 2.18 bits per heavy atom. The summed E-state index contributed by atoms with van der Waals surface area (Å²) in [4.78, 5) is 12.5. The standard InChI is InChI=1S/C12H15BrO4/c1-15-12(16-2)9-6-3-4-17-10(6)7(11(12)14)5-8(9)13/h5-7,9-10H,3-4H2,1-2H3/t6-,7-,9-,10-/m0/s1. The molecule has 0 unspecified atom stereocenters. The van der Waals surface area contributed by atoms with Crippen molar-refractivity contribution >= 4 is 21.7 Å². The van der Waals surface area contributed by atoms with Gasteiger partial charge in [0.05, 0.1) is 17.9 Å². The molecule has 1 saturated carbocycles. The molecule has 4 atom stereocenters. The molecule has 5 heteroatoms. The Morgan fingerprint density at radius 3 is 2.82 bits per heavy atom.